The molecule has 0 bridgehead atoms. The molecular weight excluding hydrogens is 249 g/mol. The van der Waals surface area contributed by atoms with Crippen molar-refractivity contribution in [3.63, 3.8) is 0 Å². The Balaban J connectivity index is 1.83. The highest BCUT2D eigenvalue weighted by molar-refractivity contribution is 5.37. The third-order valence-corrected chi connectivity index (χ3v) is 4.98. The first-order chi connectivity index (χ1) is 9.70. The van der Waals surface area contributed by atoms with Crippen molar-refractivity contribution in [3.05, 3.63) is 35.4 Å². The van der Waals surface area contributed by atoms with Crippen molar-refractivity contribution in [1.82, 2.24) is 4.90 Å². The van der Waals surface area contributed by atoms with Crippen LogP contribution in [0.2, 0.25) is 0 Å². The van der Waals surface area contributed by atoms with Crippen molar-refractivity contribution in [1.29, 1.82) is 0 Å². The minimum absolute atomic E-state index is 0.521. The van der Waals surface area contributed by atoms with E-state index >= 15 is 0 Å². The van der Waals surface area contributed by atoms with Gasteiger partial charge in [0.1, 0.15) is 6.17 Å². The van der Waals surface area contributed by atoms with Crippen LogP contribution in [0.5, 0.6) is 0 Å². The standard InChI is InChI=1S/C18H26FN/c1-3-18-17(10-11-20(18)12-13(2)19)16-7-5-4-6-15(16)14-8-9-14/h4-7,13-14,17-18H,3,8-12H2,1-2H3/t13?,17-,18+/m0/s1. The topological polar surface area (TPSA) is 3.24 Å². The molecule has 2 heteroatoms. The summed E-state index contributed by atoms with van der Waals surface area (Å²) in [5.41, 5.74) is 3.13. The van der Waals surface area contributed by atoms with E-state index in [1.165, 1.54) is 19.3 Å². The van der Waals surface area contributed by atoms with Gasteiger partial charge in [0.2, 0.25) is 0 Å². The summed E-state index contributed by atoms with van der Waals surface area (Å²) in [7, 11) is 0. The zero-order valence-corrected chi connectivity index (χ0v) is 12.7. The Morgan fingerprint density at radius 2 is 1.90 bits per heavy atom. The average Bonchev–Trinajstić information content (AvgIpc) is 3.20. The summed E-state index contributed by atoms with van der Waals surface area (Å²) >= 11 is 0. The number of halogens is 1. The highest BCUT2D eigenvalue weighted by Gasteiger charge is 2.37. The molecule has 0 amide bonds. The minimum atomic E-state index is -0.721. The zero-order valence-electron chi connectivity index (χ0n) is 12.7. The van der Waals surface area contributed by atoms with Gasteiger partial charge in [-0.25, -0.2) is 4.39 Å². The number of rotatable bonds is 5. The molecule has 1 heterocycles. The number of benzene rings is 1. The van der Waals surface area contributed by atoms with Gasteiger partial charge in [-0.2, -0.15) is 0 Å². The van der Waals surface area contributed by atoms with Crippen molar-refractivity contribution >= 4 is 0 Å². The molecule has 20 heavy (non-hydrogen) atoms. The van der Waals surface area contributed by atoms with E-state index in [1.54, 1.807) is 18.1 Å². The lowest BCUT2D eigenvalue weighted by molar-refractivity contribution is 0.180. The predicted octanol–water partition coefficient (Wildman–Crippen LogP) is 4.49. The van der Waals surface area contributed by atoms with Gasteiger partial charge in [0.25, 0.3) is 0 Å². The van der Waals surface area contributed by atoms with E-state index in [9.17, 15) is 4.39 Å². The first kappa shape index (κ1) is 14.1. The molecule has 1 aliphatic heterocycles. The van der Waals surface area contributed by atoms with Crippen LogP contribution in [0, 0.1) is 0 Å². The van der Waals surface area contributed by atoms with E-state index < -0.39 is 6.17 Å². The molecule has 1 saturated heterocycles. The van der Waals surface area contributed by atoms with Crippen molar-refractivity contribution in [2.45, 2.75) is 63.6 Å². The maximum absolute atomic E-state index is 13.4. The Bertz CT molecular complexity index is 452. The smallest absolute Gasteiger partial charge is 0.110 e. The summed E-state index contributed by atoms with van der Waals surface area (Å²) in [5.74, 6) is 1.41. The van der Waals surface area contributed by atoms with E-state index in [-0.39, 0.29) is 0 Å². The maximum atomic E-state index is 13.4. The van der Waals surface area contributed by atoms with Gasteiger partial charge < -0.3 is 0 Å². The largest absolute Gasteiger partial charge is 0.297 e. The molecule has 1 saturated carbocycles. The van der Waals surface area contributed by atoms with E-state index in [4.69, 9.17) is 0 Å². The lowest BCUT2D eigenvalue weighted by atomic mass is 9.86. The average molecular weight is 275 g/mol. The van der Waals surface area contributed by atoms with Crippen LogP contribution >= 0.6 is 0 Å². The van der Waals surface area contributed by atoms with E-state index in [0.717, 1.165) is 18.9 Å². The Hall–Kier alpha value is -0.890. The third kappa shape index (κ3) is 2.76. The second-order valence-electron chi connectivity index (χ2n) is 6.55. The van der Waals surface area contributed by atoms with Crippen molar-refractivity contribution < 1.29 is 4.39 Å². The number of hydrogen-bond donors (Lipinski definition) is 0. The molecule has 0 N–H and O–H groups in total. The van der Waals surface area contributed by atoms with Crippen LogP contribution in [-0.4, -0.2) is 30.2 Å². The lowest BCUT2D eigenvalue weighted by Gasteiger charge is -2.29. The molecule has 1 aliphatic carbocycles. The summed E-state index contributed by atoms with van der Waals surface area (Å²) in [5, 5.41) is 0. The van der Waals surface area contributed by atoms with Crippen molar-refractivity contribution in [2.75, 3.05) is 13.1 Å². The molecule has 3 atom stereocenters. The summed E-state index contributed by atoms with van der Waals surface area (Å²) < 4.78 is 13.4. The Morgan fingerprint density at radius 1 is 1.20 bits per heavy atom. The first-order valence-corrected chi connectivity index (χ1v) is 8.17. The maximum Gasteiger partial charge on any atom is 0.110 e. The van der Waals surface area contributed by atoms with Crippen LogP contribution in [-0.2, 0) is 0 Å². The zero-order chi connectivity index (χ0) is 14.1. The van der Waals surface area contributed by atoms with Crippen LogP contribution in [0.1, 0.15) is 62.5 Å². The number of nitrogens with zero attached hydrogens (tertiary/aromatic N) is 1. The molecule has 1 unspecified atom stereocenters. The Morgan fingerprint density at radius 3 is 2.50 bits per heavy atom. The molecule has 110 valence electrons. The fourth-order valence-corrected chi connectivity index (χ4v) is 3.99. The number of likely N-dealkylation sites (tertiary alicyclic amines) is 1. The van der Waals surface area contributed by atoms with Gasteiger partial charge in [-0.3, -0.25) is 4.90 Å². The van der Waals surface area contributed by atoms with Crippen molar-refractivity contribution in [3.8, 4) is 0 Å². The van der Waals surface area contributed by atoms with Gasteiger partial charge in [0.05, 0.1) is 0 Å². The van der Waals surface area contributed by atoms with Gasteiger partial charge in [0, 0.05) is 18.5 Å². The van der Waals surface area contributed by atoms with E-state index in [1.807, 2.05) is 0 Å². The third-order valence-electron chi connectivity index (χ3n) is 4.98. The molecule has 0 aromatic heterocycles. The van der Waals surface area contributed by atoms with Gasteiger partial charge in [-0.1, -0.05) is 31.2 Å². The van der Waals surface area contributed by atoms with Gasteiger partial charge in [-0.15, -0.1) is 0 Å². The lowest BCUT2D eigenvalue weighted by Crippen LogP contribution is -2.35. The molecule has 1 aromatic rings. The van der Waals surface area contributed by atoms with Gasteiger partial charge >= 0.3 is 0 Å². The summed E-state index contributed by atoms with van der Waals surface area (Å²) in [6, 6.07) is 9.51. The fourth-order valence-electron chi connectivity index (χ4n) is 3.99. The first-order valence-electron chi connectivity index (χ1n) is 8.17. The number of hydrogen-bond acceptors (Lipinski definition) is 1. The SMILES string of the molecule is CC[C@@H]1[C@H](c2ccccc2C2CC2)CCN1CC(C)F. The van der Waals surface area contributed by atoms with Crippen LogP contribution in [0.25, 0.3) is 0 Å². The number of alkyl halides is 1. The molecule has 2 aliphatic rings. The van der Waals surface area contributed by atoms with Gasteiger partial charge in [-0.05, 0) is 56.2 Å². The molecular formula is C18H26FN. The summed E-state index contributed by atoms with van der Waals surface area (Å²) in [4.78, 5) is 2.37. The van der Waals surface area contributed by atoms with Gasteiger partial charge in [0.15, 0.2) is 0 Å². The summed E-state index contributed by atoms with van der Waals surface area (Å²) in [6.07, 6.45) is 4.30. The second kappa shape index (κ2) is 5.85. The molecule has 3 rings (SSSR count). The second-order valence-corrected chi connectivity index (χ2v) is 6.55. The van der Waals surface area contributed by atoms with Crippen LogP contribution in [0.15, 0.2) is 24.3 Å². The van der Waals surface area contributed by atoms with Crippen LogP contribution in [0.3, 0.4) is 0 Å². The van der Waals surface area contributed by atoms with Crippen LogP contribution < -0.4 is 0 Å². The van der Waals surface area contributed by atoms with E-state index in [0.29, 0.717) is 18.5 Å². The fraction of sp³-hybridized carbons (Fsp3) is 0.667. The molecule has 0 radical (unpaired) electrons. The van der Waals surface area contributed by atoms with Crippen molar-refractivity contribution in [2.24, 2.45) is 0 Å². The molecule has 2 fully saturated rings. The highest BCUT2D eigenvalue weighted by atomic mass is 19.1. The molecule has 0 spiro atoms. The minimum Gasteiger partial charge on any atom is -0.297 e. The highest BCUT2D eigenvalue weighted by Crippen LogP contribution is 2.46. The molecule has 1 nitrogen and oxygen atoms in total. The van der Waals surface area contributed by atoms with E-state index in [2.05, 4.69) is 36.1 Å². The van der Waals surface area contributed by atoms with Crippen LogP contribution in [0.4, 0.5) is 4.39 Å². The predicted molar refractivity (Wildman–Crippen MR) is 82.0 cm³/mol. The summed E-state index contributed by atoms with van der Waals surface area (Å²) in [6.45, 7) is 5.58. The quantitative estimate of drug-likeness (QED) is 0.765. The Kier molecular flexibility index (Phi) is 4.11. The Labute approximate surface area is 122 Å². The monoisotopic (exact) mass is 275 g/mol. The molecule has 1 aromatic carbocycles. The normalized spacial score (nSPS) is 28.8.